The molecule has 22 heavy (non-hydrogen) atoms. The molecule has 0 aliphatic carbocycles. The molecule has 1 heterocycles. The molecule has 0 saturated carbocycles. The van der Waals surface area contributed by atoms with E-state index in [0.717, 1.165) is 24.3 Å². The largest absolute Gasteiger partial charge is 0.351 e. The molecule has 2 rings (SSSR count). The Morgan fingerprint density at radius 3 is 2.59 bits per heavy atom. The van der Waals surface area contributed by atoms with Gasteiger partial charge in [-0.25, -0.2) is 0 Å². The smallest absolute Gasteiger partial charge is 0.294 e. The Labute approximate surface area is 131 Å². The van der Waals surface area contributed by atoms with Gasteiger partial charge in [0.1, 0.15) is 0 Å². The topological polar surface area (TPSA) is 58.4 Å². The number of nitrogens with zero attached hydrogens (tertiary/aromatic N) is 2. The zero-order valence-corrected chi connectivity index (χ0v) is 13.6. The van der Waals surface area contributed by atoms with E-state index in [1.54, 1.807) is 6.07 Å². The Balaban J connectivity index is 2.01. The maximum Gasteiger partial charge on any atom is 0.294 e. The lowest BCUT2D eigenvalue weighted by atomic mass is 10.1. The highest BCUT2D eigenvalue weighted by atomic mass is 16.5. The van der Waals surface area contributed by atoms with Gasteiger partial charge >= 0.3 is 0 Å². The third-order valence-electron chi connectivity index (χ3n) is 3.58. The second-order valence-corrected chi connectivity index (χ2v) is 5.81. The molecule has 0 saturated heterocycles. The van der Waals surface area contributed by atoms with Crippen LogP contribution in [0.4, 0.5) is 5.69 Å². The molecule has 0 bridgehead atoms. The van der Waals surface area contributed by atoms with E-state index < -0.39 is 0 Å². The summed E-state index contributed by atoms with van der Waals surface area (Å²) in [7, 11) is 4.04. The zero-order chi connectivity index (χ0) is 16.1. The molecule has 0 aliphatic rings. The van der Waals surface area contributed by atoms with Crippen molar-refractivity contribution in [1.29, 1.82) is 0 Å². The van der Waals surface area contributed by atoms with E-state index in [4.69, 9.17) is 4.52 Å². The number of carbonyl (C=O) groups excluding carboxylic acids is 1. The number of anilines is 1. The van der Waals surface area contributed by atoms with Gasteiger partial charge in [-0.05, 0) is 38.2 Å². The maximum atomic E-state index is 12.1. The molecule has 5 nitrogen and oxygen atoms in total. The van der Waals surface area contributed by atoms with Crippen LogP contribution in [0.3, 0.4) is 0 Å². The SMILES string of the molecule is CCC(C)c1cc(C(=O)Nc2ccc(CN(C)C)cc2)on1. The van der Waals surface area contributed by atoms with Crippen molar-refractivity contribution in [3.63, 3.8) is 0 Å². The molecule has 0 spiro atoms. The molecule has 1 aromatic carbocycles. The number of hydrogen-bond acceptors (Lipinski definition) is 4. The Kier molecular flexibility index (Phi) is 5.33. The van der Waals surface area contributed by atoms with Gasteiger partial charge in [0, 0.05) is 24.2 Å². The second kappa shape index (κ2) is 7.22. The van der Waals surface area contributed by atoms with Gasteiger partial charge in [0.25, 0.3) is 5.91 Å². The molecule has 1 atom stereocenters. The first-order chi connectivity index (χ1) is 10.5. The van der Waals surface area contributed by atoms with Crippen LogP contribution in [0.1, 0.15) is 48.0 Å². The number of aromatic nitrogens is 1. The lowest BCUT2D eigenvalue weighted by molar-refractivity contribution is 0.0988. The fourth-order valence-electron chi connectivity index (χ4n) is 2.09. The Hall–Kier alpha value is -2.14. The number of benzene rings is 1. The van der Waals surface area contributed by atoms with Crippen LogP contribution < -0.4 is 5.32 Å². The average molecular weight is 301 g/mol. The van der Waals surface area contributed by atoms with Crippen molar-refractivity contribution in [1.82, 2.24) is 10.1 Å². The molecule has 0 fully saturated rings. The van der Waals surface area contributed by atoms with Crippen LogP contribution in [0.5, 0.6) is 0 Å². The van der Waals surface area contributed by atoms with Crippen LogP contribution in [0.15, 0.2) is 34.9 Å². The Morgan fingerprint density at radius 1 is 1.32 bits per heavy atom. The fourth-order valence-corrected chi connectivity index (χ4v) is 2.09. The molecule has 1 unspecified atom stereocenters. The normalized spacial score (nSPS) is 12.4. The molecule has 0 aliphatic heterocycles. The van der Waals surface area contributed by atoms with E-state index >= 15 is 0 Å². The minimum Gasteiger partial charge on any atom is -0.351 e. The maximum absolute atomic E-state index is 12.1. The minimum atomic E-state index is -0.276. The predicted octanol–water partition coefficient (Wildman–Crippen LogP) is 3.50. The first-order valence-corrected chi connectivity index (χ1v) is 7.51. The van der Waals surface area contributed by atoms with E-state index in [1.165, 1.54) is 5.56 Å². The first-order valence-electron chi connectivity index (χ1n) is 7.51. The van der Waals surface area contributed by atoms with E-state index in [-0.39, 0.29) is 17.6 Å². The molecule has 1 N–H and O–H groups in total. The van der Waals surface area contributed by atoms with E-state index in [2.05, 4.69) is 29.2 Å². The van der Waals surface area contributed by atoms with Crippen LogP contribution in [0, 0.1) is 0 Å². The van der Waals surface area contributed by atoms with Gasteiger partial charge < -0.3 is 14.7 Å². The molecule has 2 aromatic rings. The Morgan fingerprint density at radius 2 is 2.00 bits per heavy atom. The summed E-state index contributed by atoms with van der Waals surface area (Å²) in [6, 6.07) is 9.50. The van der Waals surface area contributed by atoms with Gasteiger partial charge in [-0.3, -0.25) is 4.79 Å². The predicted molar refractivity (Wildman–Crippen MR) is 87.0 cm³/mol. The van der Waals surface area contributed by atoms with Crippen LogP contribution in [0.25, 0.3) is 0 Å². The van der Waals surface area contributed by atoms with Crippen molar-refractivity contribution in [3.05, 3.63) is 47.3 Å². The van der Waals surface area contributed by atoms with Gasteiger partial charge in [-0.1, -0.05) is 31.1 Å². The van der Waals surface area contributed by atoms with Crippen LogP contribution in [-0.4, -0.2) is 30.1 Å². The van der Waals surface area contributed by atoms with E-state index in [9.17, 15) is 4.79 Å². The highest BCUT2D eigenvalue weighted by Gasteiger charge is 2.16. The van der Waals surface area contributed by atoms with Crippen molar-refractivity contribution in [2.75, 3.05) is 19.4 Å². The standard InChI is InChI=1S/C17H23N3O2/c1-5-12(2)15-10-16(22-19-15)17(21)18-14-8-6-13(7-9-14)11-20(3)4/h6-10,12H,5,11H2,1-4H3,(H,18,21). The van der Waals surface area contributed by atoms with Crippen molar-refractivity contribution in [3.8, 4) is 0 Å². The summed E-state index contributed by atoms with van der Waals surface area (Å²) >= 11 is 0. The fraction of sp³-hybridized carbons (Fsp3) is 0.412. The van der Waals surface area contributed by atoms with Gasteiger partial charge in [0.15, 0.2) is 0 Å². The monoisotopic (exact) mass is 301 g/mol. The number of amides is 1. The van der Waals surface area contributed by atoms with Gasteiger partial charge in [-0.15, -0.1) is 0 Å². The molecule has 5 heteroatoms. The molecular formula is C17H23N3O2. The summed E-state index contributed by atoms with van der Waals surface area (Å²) in [5.41, 5.74) is 2.75. The highest BCUT2D eigenvalue weighted by Crippen LogP contribution is 2.19. The lowest BCUT2D eigenvalue weighted by Crippen LogP contribution is -2.12. The zero-order valence-electron chi connectivity index (χ0n) is 13.6. The quantitative estimate of drug-likeness (QED) is 0.887. The molecular weight excluding hydrogens is 278 g/mol. The first kappa shape index (κ1) is 16.2. The minimum absolute atomic E-state index is 0.243. The summed E-state index contributed by atoms with van der Waals surface area (Å²) in [4.78, 5) is 14.2. The van der Waals surface area contributed by atoms with Crippen molar-refractivity contribution >= 4 is 11.6 Å². The van der Waals surface area contributed by atoms with Gasteiger partial charge in [0.2, 0.25) is 5.76 Å². The molecule has 0 radical (unpaired) electrons. The summed E-state index contributed by atoms with van der Waals surface area (Å²) in [5.74, 6) is 0.255. The van der Waals surface area contributed by atoms with Gasteiger partial charge in [0.05, 0.1) is 5.69 Å². The number of nitrogens with one attached hydrogen (secondary N) is 1. The van der Waals surface area contributed by atoms with Crippen LogP contribution in [0.2, 0.25) is 0 Å². The number of carbonyl (C=O) groups is 1. The Bertz CT molecular complexity index is 617. The van der Waals surface area contributed by atoms with E-state index in [1.807, 2.05) is 38.4 Å². The van der Waals surface area contributed by atoms with Crippen LogP contribution >= 0.6 is 0 Å². The summed E-state index contributed by atoms with van der Waals surface area (Å²) < 4.78 is 5.13. The van der Waals surface area contributed by atoms with Crippen LogP contribution in [-0.2, 0) is 6.54 Å². The molecule has 118 valence electrons. The average Bonchev–Trinajstić information content (AvgIpc) is 2.98. The van der Waals surface area contributed by atoms with Gasteiger partial charge in [-0.2, -0.15) is 0 Å². The molecule has 1 amide bonds. The van der Waals surface area contributed by atoms with Crippen molar-refractivity contribution < 1.29 is 9.32 Å². The third-order valence-corrected chi connectivity index (χ3v) is 3.58. The third kappa shape index (κ3) is 4.18. The van der Waals surface area contributed by atoms with Crippen molar-refractivity contribution in [2.24, 2.45) is 0 Å². The summed E-state index contributed by atoms with van der Waals surface area (Å²) in [5, 5.41) is 6.78. The van der Waals surface area contributed by atoms with E-state index in [0.29, 0.717) is 0 Å². The van der Waals surface area contributed by atoms with Crippen molar-refractivity contribution in [2.45, 2.75) is 32.7 Å². The summed E-state index contributed by atoms with van der Waals surface area (Å²) in [6.07, 6.45) is 0.959. The molecule has 1 aromatic heterocycles. The highest BCUT2D eigenvalue weighted by molar-refractivity contribution is 6.02. The number of hydrogen-bond donors (Lipinski definition) is 1. The summed E-state index contributed by atoms with van der Waals surface area (Å²) in [6.45, 7) is 5.01. The lowest BCUT2D eigenvalue weighted by Gasteiger charge is -2.10. The second-order valence-electron chi connectivity index (χ2n) is 5.81. The number of rotatable bonds is 6.